The Morgan fingerprint density at radius 3 is 2.12 bits per heavy atom. The van der Waals surface area contributed by atoms with E-state index in [1.807, 2.05) is 24.3 Å². The van der Waals surface area contributed by atoms with Crippen LogP contribution in [0.3, 0.4) is 0 Å². The van der Waals surface area contributed by atoms with E-state index in [2.05, 4.69) is 0 Å². The van der Waals surface area contributed by atoms with Crippen molar-refractivity contribution in [2.75, 3.05) is 0 Å². The van der Waals surface area contributed by atoms with Crippen molar-refractivity contribution in [1.82, 2.24) is 5.48 Å². The van der Waals surface area contributed by atoms with Crippen LogP contribution in [0.15, 0.2) is 60.2 Å². The van der Waals surface area contributed by atoms with Crippen molar-refractivity contribution in [1.29, 1.82) is 0 Å². The molecule has 6 heteroatoms. The molecule has 0 fully saturated rings. The molecule has 0 aromatic heterocycles. The van der Waals surface area contributed by atoms with E-state index >= 15 is 0 Å². The van der Waals surface area contributed by atoms with E-state index in [-0.39, 0.29) is 12.0 Å². The summed E-state index contributed by atoms with van der Waals surface area (Å²) in [4.78, 5) is 11.2. The summed E-state index contributed by atoms with van der Waals surface area (Å²) in [5.74, 6) is -0.644. The fourth-order valence-corrected chi connectivity index (χ4v) is 2.47. The average Bonchev–Trinajstić information content (AvgIpc) is 2.65. The van der Waals surface area contributed by atoms with Crippen LogP contribution in [0, 0.1) is 0 Å². The average molecular weight is 362 g/mol. The Kier molecular flexibility index (Phi) is 6.73. The lowest BCUT2D eigenvalue weighted by Crippen LogP contribution is -2.21. The molecule has 132 valence electrons. The van der Waals surface area contributed by atoms with Crippen LogP contribution >= 0.6 is 11.6 Å². The van der Waals surface area contributed by atoms with E-state index in [4.69, 9.17) is 16.8 Å². The van der Waals surface area contributed by atoms with Gasteiger partial charge in [0.25, 0.3) is 5.91 Å². The highest BCUT2D eigenvalue weighted by atomic mass is 35.5. The number of hydrogen-bond donors (Lipinski definition) is 4. The van der Waals surface area contributed by atoms with Crippen LogP contribution in [0.4, 0.5) is 0 Å². The quantitative estimate of drug-likeness (QED) is 0.361. The van der Waals surface area contributed by atoms with Gasteiger partial charge in [0.2, 0.25) is 0 Å². The summed E-state index contributed by atoms with van der Waals surface area (Å²) in [7, 11) is 0. The first-order valence-corrected chi connectivity index (χ1v) is 8.13. The second kappa shape index (κ2) is 8.78. The SMILES string of the molecule is CC(=CCC(O)C(O)c1ccc(-c2ccc(Cl)cc2)cc1)C(=O)NO. The molecular formula is C19H20ClNO4. The van der Waals surface area contributed by atoms with Crippen molar-refractivity contribution >= 4 is 17.5 Å². The Morgan fingerprint density at radius 1 is 1.08 bits per heavy atom. The normalized spacial score (nSPS) is 14.0. The number of amides is 1. The molecule has 0 aliphatic carbocycles. The van der Waals surface area contributed by atoms with Crippen molar-refractivity contribution in [3.05, 3.63) is 70.8 Å². The van der Waals surface area contributed by atoms with E-state index in [1.54, 1.807) is 24.3 Å². The molecule has 0 saturated carbocycles. The number of carbonyl (C=O) groups is 1. The Hall–Kier alpha value is -2.18. The number of carbonyl (C=O) groups excluding carboxylic acids is 1. The van der Waals surface area contributed by atoms with Gasteiger partial charge >= 0.3 is 0 Å². The highest BCUT2D eigenvalue weighted by molar-refractivity contribution is 6.30. The summed E-state index contributed by atoms with van der Waals surface area (Å²) in [5, 5.41) is 29.5. The zero-order valence-electron chi connectivity index (χ0n) is 13.7. The lowest BCUT2D eigenvalue weighted by Gasteiger charge is -2.17. The Balaban J connectivity index is 2.05. The predicted molar refractivity (Wildman–Crippen MR) is 96.2 cm³/mol. The van der Waals surface area contributed by atoms with Crippen LogP contribution in [0.2, 0.25) is 5.02 Å². The van der Waals surface area contributed by atoms with Gasteiger partial charge in [0, 0.05) is 10.6 Å². The lowest BCUT2D eigenvalue weighted by molar-refractivity contribution is -0.125. The van der Waals surface area contributed by atoms with Gasteiger partial charge in [-0.2, -0.15) is 0 Å². The number of hydrogen-bond acceptors (Lipinski definition) is 4. The van der Waals surface area contributed by atoms with E-state index in [0.29, 0.717) is 10.6 Å². The molecule has 0 aliphatic rings. The van der Waals surface area contributed by atoms with Crippen molar-refractivity contribution in [2.24, 2.45) is 0 Å². The molecular weight excluding hydrogens is 342 g/mol. The minimum Gasteiger partial charge on any atom is -0.390 e. The Labute approximate surface area is 151 Å². The monoisotopic (exact) mass is 361 g/mol. The van der Waals surface area contributed by atoms with Crippen LogP contribution in [-0.4, -0.2) is 27.4 Å². The second-order valence-corrected chi connectivity index (χ2v) is 6.14. The van der Waals surface area contributed by atoms with Gasteiger partial charge in [-0.1, -0.05) is 54.1 Å². The number of hydroxylamine groups is 1. The maximum atomic E-state index is 11.2. The third-order valence-corrected chi connectivity index (χ3v) is 4.17. The van der Waals surface area contributed by atoms with Gasteiger partial charge in [-0.15, -0.1) is 0 Å². The minimum atomic E-state index is -1.08. The first-order chi connectivity index (χ1) is 11.9. The van der Waals surface area contributed by atoms with Gasteiger partial charge in [-0.25, -0.2) is 5.48 Å². The Bertz CT molecular complexity index is 741. The van der Waals surface area contributed by atoms with Crippen molar-refractivity contribution in [2.45, 2.75) is 25.6 Å². The summed E-state index contributed by atoms with van der Waals surface area (Å²) in [5.41, 5.74) is 4.31. The number of nitrogens with one attached hydrogen (secondary N) is 1. The largest absolute Gasteiger partial charge is 0.390 e. The molecule has 2 aromatic rings. The van der Waals surface area contributed by atoms with Gasteiger partial charge in [-0.3, -0.25) is 10.0 Å². The summed E-state index contributed by atoms with van der Waals surface area (Å²) in [6.45, 7) is 1.51. The fraction of sp³-hybridized carbons (Fsp3) is 0.211. The molecule has 1 amide bonds. The lowest BCUT2D eigenvalue weighted by atomic mass is 9.98. The van der Waals surface area contributed by atoms with E-state index in [0.717, 1.165) is 11.1 Å². The van der Waals surface area contributed by atoms with Gasteiger partial charge in [0.1, 0.15) is 6.10 Å². The predicted octanol–water partition coefficient (Wildman–Crippen LogP) is 3.24. The van der Waals surface area contributed by atoms with E-state index in [9.17, 15) is 15.0 Å². The van der Waals surface area contributed by atoms with Crippen LogP contribution < -0.4 is 5.48 Å². The zero-order valence-corrected chi connectivity index (χ0v) is 14.4. The van der Waals surface area contributed by atoms with Crippen LogP contribution in [0.5, 0.6) is 0 Å². The minimum absolute atomic E-state index is 0.0827. The first kappa shape index (κ1) is 19.1. The molecule has 0 saturated heterocycles. The molecule has 2 atom stereocenters. The molecule has 25 heavy (non-hydrogen) atoms. The molecule has 0 spiro atoms. The maximum Gasteiger partial charge on any atom is 0.269 e. The van der Waals surface area contributed by atoms with Crippen LogP contribution in [0.25, 0.3) is 11.1 Å². The topological polar surface area (TPSA) is 89.8 Å². The van der Waals surface area contributed by atoms with Gasteiger partial charge < -0.3 is 10.2 Å². The van der Waals surface area contributed by atoms with Crippen molar-refractivity contribution in [3.63, 3.8) is 0 Å². The van der Waals surface area contributed by atoms with Crippen LogP contribution in [-0.2, 0) is 4.79 Å². The highest BCUT2D eigenvalue weighted by Gasteiger charge is 2.18. The molecule has 2 rings (SSSR count). The molecule has 5 nitrogen and oxygen atoms in total. The number of aliphatic hydroxyl groups is 2. The molecule has 0 aliphatic heterocycles. The fourth-order valence-electron chi connectivity index (χ4n) is 2.34. The van der Waals surface area contributed by atoms with E-state index in [1.165, 1.54) is 18.5 Å². The summed E-state index contributed by atoms with van der Waals surface area (Å²) >= 11 is 5.88. The standard InChI is InChI=1S/C19H20ClNO4/c1-12(19(24)21-25)2-11-17(22)18(23)15-5-3-13(4-6-15)14-7-9-16(20)10-8-14/h2-10,17-18,22-23,25H,11H2,1H3,(H,21,24). The third-order valence-electron chi connectivity index (χ3n) is 3.92. The van der Waals surface area contributed by atoms with E-state index < -0.39 is 18.1 Å². The van der Waals surface area contributed by atoms with Crippen molar-refractivity contribution < 1.29 is 20.2 Å². The number of rotatable bonds is 6. The van der Waals surface area contributed by atoms with Crippen LogP contribution in [0.1, 0.15) is 25.0 Å². The number of benzene rings is 2. The van der Waals surface area contributed by atoms with Gasteiger partial charge in [-0.05, 0) is 42.2 Å². The summed E-state index contributed by atoms with van der Waals surface area (Å²) in [6, 6.07) is 14.6. The highest BCUT2D eigenvalue weighted by Crippen LogP contribution is 2.25. The smallest absolute Gasteiger partial charge is 0.269 e. The molecule has 2 aromatic carbocycles. The van der Waals surface area contributed by atoms with Gasteiger partial charge in [0.15, 0.2) is 0 Å². The molecule has 2 unspecified atom stereocenters. The number of aliphatic hydroxyl groups excluding tert-OH is 2. The van der Waals surface area contributed by atoms with Crippen molar-refractivity contribution in [3.8, 4) is 11.1 Å². The second-order valence-electron chi connectivity index (χ2n) is 5.70. The zero-order chi connectivity index (χ0) is 18.4. The number of halogens is 1. The maximum absolute atomic E-state index is 11.2. The molecule has 0 heterocycles. The third kappa shape index (κ3) is 5.14. The summed E-state index contributed by atoms with van der Waals surface area (Å²) < 4.78 is 0. The first-order valence-electron chi connectivity index (χ1n) is 7.75. The van der Waals surface area contributed by atoms with Gasteiger partial charge in [0.05, 0.1) is 6.10 Å². The molecule has 0 radical (unpaired) electrons. The Morgan fingerprint density at radius 2 is 1.60 bits per heavy atom. The summed E-state index contributed by atoms with van der Waals surface area (Å²) in [6.07, 6.45) is -0.607. The molecule has 0 bridgehead atoms. The molecule has 4 N–H and O–H groups in total.